The monoisotopic (exact) mass is 466 g/mol. The molecule has 4 aliphatic rings. The SMILES string of the molecule is O=C1CCC(N2C(=O)c3ccc(CN4CCC(CCC5CCNCC5)CC4)cc3C2=O)C(=O)N1. The van der Waals surface area contributed by atoms with E-state index in [1.165, 1.54) is 51.6 Å². The van der Waals surface area contributed by atoms with Crippen molar-refractivity contribution in [1.82, 2.24) is 20.4 Å². The molecule has 4 aliphatic heterocycles. The first-order valence-electron chi connectivity index (χ1n) is 12.8. The van der Waals surface area contributed by atoms with Crippen LogP contribution in [0.2, 0.25) is 0 Å². The lowest BCUT2D eigenvalue weighted by atomic mass is 9.85. The Morgan fingerprint density at radius 2 is 1.50 bits per heavy atom. The molecule has 0 radical (unpaired) electrons. The highest BCUT2D eigenvalue weighted by Crippen LogP contribution is 2.30. The molecule has 0 spiro atoms. The fourth-order valence-electron chi connectivity index (χ4n) is 5.95. The summed E-state index contributed by atoms with van der Waals surface area (Å²) in [6.07, 6.45) is 8.07. The molecule has 1 aromatic carbocycles. The van der Waals surface area contributed by atoms with E-state index in [1.807, 2.05) is 12.1 Å². The summed E-state index contributed by atoms with van der Waals surface area (Å²) in [4.78, 5) is 53.1. The maximum atomic E-state index is 13.0. The number of nitrogens with zero attached hydrogens (tertiary/aromatic N) is 2. The summed E-state index contributed by atoms with van der Waals surface area (Å²) in [5, 5.41) is 5.68. The quantitative estimate of drug-likeness (QED) is 0.623. The van der Waals surface area contributed by atoms with E-state index in [0.29, 0.717) is 11.1 Å². The van der Waals surface area contributed by atoms with Crippen molar-refractivity contribution in [3.8, 4) is 0 Å². The van der Waals surface area contributed by atoms with Crippen LogP contribution in [0.5, 0.6) is 0 Å². The summed E-state index contributed by atoms with van der Waals surface area (Å²) in [6.45, 7) is 5.22. The Morgan fingerprint density at radius 3 is 2.21 bits per heavy atom. The molecule has 3 fully saturated rings. The molecule has 0 bridgehead atoms. The lowest BCUT2D eigenvalue weighted by Gasteiger charge is -2.33. The number of amides is 4. The standard InChI is InChI=1S/C26H34N4O4/c31-23-6-5-22(24(32)28-23)30-25(33)20-4-3-19(15-21(20)26(30)34)16-29-13-9-18(10-14-29)2-1-17-7-11-27-12-8-17/h3-4,15,17-18,22,27H,1-2,5-14,16H2,(H,28,31,32). The fraction of sp³-hybridized carbons (Fsp3) is 0.615. The molecule has 0 saturated carbocycles. The highest BCUT2D eigenvalue weighted by atomic mass is 16.2. The molecule has 0 aromatic heterocycles. The Kier molecular flexibility index (Phi) is 6.79. The van der Waals surface area contributed by atoms with Gasteiger partial charge in [0.05, 0.1) is 11.1 Å². The zero-order chi connectivity index (χ0) is 23.7. The van der Waals surface area contributed by atoms with Gasteiger partial charge in [0.2, 0.25) is 11.8 Å². The minimum atomic E-state index is -0.919. The number of benzene rings is 1. The van der Waals surface area contributed by atoms with Crippen LogP contribution in [0.25, 0.3) is 0 Å². The summed E-state index contributed by atoms with van der Waals surface area (Å²) in [7, 11) is 0. The number of imide groups is 2. The predicted molar refractivity (Wildman–Crippen MR) is 126 cm³/mol. The van der Waals surface area contributed by atoms with Gasteiger partial charge in [-0.15, -0.1) is 0 Å². The number of hydrogen-bond donors (Lipinski definition) is 2. The normalized spacial score (nSPS) is 25.1. The van der Waals surface area contributed by atoms with Crippen LogP contribution in [-0.2, 0) is 16.1 Å². The molecular formula is C26H34N4O4. The summed E-state index contributed by atoms with van der Waals surface area (Å²) in [5.41, 5.74) is 1.72. The van der Waals surface area contributed by atoms with E-state index in [0.717, 1.165) is 41.9 Å². The third-order valence-electron chi connectivity index (χ3n) is 8.06. The van der Waals surface area contributed by atoms with Crippen LogP contribution in [0, 0.1) is 11.8 Å². The van der Waals surface area contributed by atoms with Crippen molar-refractivity contribution in [2.45, 2.75) is 64.0 Å². The molecule has 1 atom stereocenters. The number of carbonyl (C=O) groups is 4. The first kappa shape index (κ1) is 23.2. The highest BCUT2D eigenvalue weighted by Gasteiger charge is 2.44. The Morgan fingerprint density at radius 1 is 0.824 bits per heavy atom. The zero-order valence-corrected chi connectivity index (χ0v) is 19.7. The van der Waals surface area contributed by atoms with Crippen LogP contribution in [0.4, 0.5) is 0 Å². The third kappa shape index (κ3) is 4.79. The summed E-state index contributed by atoms with van der Waals surface area (Å²) < 4.78 is 0. The molecule has 1 unspecified atom stereocenters. The summed E-state index contributed by atoms with van der Waals surface area (Å²) in [5.74, 6) is -0.120. The van der Waals surface area contributed by atoms with Crippen molar-refractivity contribution >= 4 is 23.6 Å². The van der Waals surface area contributed by atoms with Crippen molar-refractivity contribution < 1.29 is 19.2 Å². The lowest BCUT2D eigenvalue weighted by Crippen LogP contribution is -2.54. The number of likely N-dealkylation sites (tertiary alicyclic amines) is 1. The van der Waals surface area contributed by atoms with Crippen LogP contribution < -0.4 is 10.6 Å². The topological polar surface area (TPSA) is 98.8 Å². The third-order valence-corrected chi connectivity index (χ3v) is 8.06. The van der Waals surface area contributed by atoms with Crippen molar-refractivity contribution in [2.24, 2.45) is 11.8 Å². The number of fused-ring (bicyclic) bond motifs is 1. The van der Waals surface area contributed by atoms with Crippen molar-refractivity contribution in [1.29, 1.82) is 0 Å². The molecular weight excluding hydrogens is 432 g/mol. The van der Waals surface area contributed by atoms with Crippen LogP contribution in [0.1, 0.15) is 77.6 Å². The van der Waals surface area contributed by atoms with Crippen molar-refractivity contribution in [3.05, 3.63) is 34.9 Å². The van der Waals surface area contributed by atoms with Crippen LogP contribution in [0.3, 0.4) is 0 Å². The van der Waals surface area contributed by atoms with E-state index in [9.17, 15) is 19.2 Å². The number of piperidine rings is 3. The maximum Gasteiger partial charge on any atom is 0.262 e. The molecule has 4 amide bonds. The van der Waals surface area contributed by atoms with Gasteiger partial charge in [-0.1, -0.05) is 18.9 Å². The number of carbonyl (C=O) groups excluding carboxylic acids is 4. The Hall–Kier alpha value is -2.58. The number of nitrogens with one attached hydrogen (secondary N) is 2. The molecule has 2 N–H and O–H groups in total. The second-order valence-corrected chi connectivity index (χ2v) is 10.3. The summed E-state index contributed by atoms with van der Waals surface area (Å²) in [6, 6.07) is 4.52. The van der Waals surface area contributed by atoms with Crippen LogP contribution in [-0.4, -0.2) is 65.6 Å². The van der Waals surface area contributed by atoms with Gasteiger partial charge in [-0.3, -0.25) is 34.3 Å². The van der Waals surface area contributed by atoms with Gasteiger partial charge < -0.3 is 5.32 Å². The van der Waals surface area contributed by atoms with Gasteiger partial charge in [0.1, 0.15) is 6.04 Å². The van der Waals surface area contributed by atoms with Crippen LogP contribution >= 0.6 is 0 Å². The molecule has 8 nitrogen and oxygen atoms in total. The van der Waals surface area contributed by atoms with Crippen LogP contribution in [0.15, 0.2) is 18.2 Å². The smallest absolute Gasteiger partial charge is 0.262 e. The van der Waals surface area contributed by atoms with Gasteiger partial charge in [0, 0.05) is 13.0 Å². The average molecular weight is 467 g/mol. The van der Waals surface area contributed by atoms with Gasteiger partial charge >= 0.3 is 0 Å². The minimum absolute atomic E-state index is 0.128. The van der Waals surface area contributed by atoms with Crippen molar-refractivity contribution in [2.75, 3.05) is 26.2 Å². The van der Waals surface area contributed by atoms with E-state index in [2.05, 4.69) is 15.5 Å². The molecule has 8 heteroatoms. The molecule has 3 saturated heterocycles. The van der Waals surface area contributed by atoms with E-state index >= 15 is 0 Å². The first-order valence-corrected chi connectivity index (χ1v) is 12.8. The second-order valence-electron chi connectivity index (χ2n) is 10.3. The number of hydrogen-bond acceptors (Lipinski definition) is 6. The Bertz CT molecular complexity index is 979. The first-order chi connectivity index (χ1) is 16.5. The lowest BCUT2D eigenvalue weighted by molar-refractivity contribution is -0.136. The van der Waals surface area contributed by atoms with Gasteiger partial charge in [-0.2, -0.15) is 0 Å². The molecule has 5 rings (SSSR count). The second kappa shape index (κ2) is 9.96. The number of rotatable bonds is 6. The highest BCUT2D eigenvalue weighted by molar-refractivity contribution is 6.23. The maximum absolute atomic E-state index is 13.0. The molecule has 1 aromatic rings. The van der Waals surface area contributed by atoms with E-state index in [1.54, 1.807) is 6.07 Å². The largest absolute Gasteiger partial charge is 0.317 e. The Labute approximate surface area is 200 Å². The van der Waals surface area contributed by atoms with Gasteiger partial charge in [0.15, 0.2) is 0 Å². The van der Waals surface area contributed by atoms with E-state index < -0.39 is 23.8 Å². The Balaban J connectivity index is 1.16. The molecule has 0 aliphatic carbocycles. The van der Waals surface area contributed by atoms with E-state index in [-0.39, 0.29) is 18.7 Å². The van der Waals surface area contributed by atoms with E-state index in [4.69, 9.17) is 0 Å². The zero-order valence-electron chi connectivity index (χ0n) is 19.7. The average Bonchev–Trinajstić information content (AvgIpc) is 3.09. The fourth-order valence-corrected chi connectivity index (χ4v) is 5.95. The van der Waals surface area contributed by atoms with Crippen molar-refractivity contribution in [3.63, 3.8) is 0 Å². The van der Waals surface area contributed by atoms with Gasteiger partial charge in [-0.05, 0) is 87.8 Å². The van der Waals surface area contributed by atoms with Gasteiger partial charge in [-0.25, -0.2) is 0 Å². The molecule has 182 valence electrons. The minimum Gasteiger partial charge on any atom is -0.317 e. The van der Waals surface area contributed by atoms with Gasteiger partial charge in [0.25, 0.3) is 11.8 Å². The molecule has 4 heterocycles. The molecule has 34 heavy (non-hydrogen) atoms. The summed E-state index contributed by atoms with van der Waals surface area (Å²) >= 11 is 0. The predicted octanol–water partition coefficient (Wildman–Crippen LogP) is 2.08.